The summed E-state index contributed by atoms with van der Waals surface area (Å²) in [6.07, 6.45) is -1.90. The fourth-order valence-electron chi connectivity index (χ4n) is 3.08. The average Bonchev–Trinajstić information content (AvgIpc) is 2.78. The van der Waals surface area contributed by atoms with Gasteiger partial charge in [0.25, 0.3) is 0 Å². The van der Waals surface area contributed by atoms with E-state index < -0.39 is 29.9 Å². The highest BCUT2D eigenvalue weighted by molar-refractivity contribution is 7.99. The predicted molar refractivity (Wildman–Crippen MR) is 116 cm³/mol. The molecule has 1 aliphatic rings. The summed E-state index contributed by atoms with van der Waals surface area (Å²) in [5, 5.41) is 3.60. The normalized spacial score (nSPS) is 22.7. The SMILES string of the molecule is CC(=O)O[C@@H](CN=[N+]=[N-])[C@@H](OC1COC(c2ccccc2)O[C@@H]1C)Sc1ccccc1. The predicted octanol–water partition coefficient (Wildman–Crippen LogP) is 4.87. The van der Waals surface area contributed by atoms with Gasteiger partial charge in [-0.1, -0.05) is 65.4 Å². The summed E-state index contributed by atoms with van der Waals surface area (Å²) < 4.78 is 23.7. The number of carbonyl (C=O) groups is 1. The molecule has 8 nitrogen and oxygen atoms in total. The highest BCUT2D eigenvalue weighted by Gasteiger charge is 2.35. The molecule has 2 aromatic carbocycles. The summed E-state index contributed by atoms with van der Waals surface area (Å²) in [5.41, 5.74) is 9.07. The van der Waals surface area contributed by atoms with Crippen LogP contribution in [0.25, 0.3) is 10.4 Å². The second kappa shape index (κ2) is 11.7. The Morgan fingerprint density at radius 3 is 2.52 bits per heavy atom. The zero-order valence-electron chi connectivity index (χ0n) is 17.4. The number of ether oxygens (including phenoxy) is 4. The van der Waals surface area contributed by atoms with Gasteiger partial charge in [0, 0.05) is 22.3 Å². The number of azide groups is 1. The molecule has 3 rings (SSSR count). The van der Waals surface area contributed by atoms with Gasteiger partial charge in [0.2, 0.25) is 0 Å². The zero-order chi connectivity index (χ0) is 22.1. The number of hydrogen-bond donors (Lipinski definition) is 0. The summed E-state index contributed by atoms with van der Waals surface area (Å²) in [7, 11) is 0. The minimum Gasteiger partial charge on any atom is -0.459 e. The third kappa shape index (κ3) is 6.99. The fourth-order valence-corrected chi connectivity index (χ4v) is 4.15. The Balaban J connectivity index is 1.73. The maximum atomic E-state index is 11.7. The van der Waals surface area contributed by atoms with E-state index in [1.165, 1.54) is 18.7 Å². The van der Waals surface area contributed by atoms with Crippen molar-refractivity contribution in [2.24, 2.45) is 5.11 Å². The van der Waals surface area contributed by atoms with E-state index >= 15 is 0 Å². The van der Waals surface area contributed by atoms with E-state index in [0.29, 0.717) is 6.61 Å². The Labute approximate surface area is 185 Å². The molecule has 0 saturated carbocycles. The van der Waals surface area contributed by atoms with Crippen molar-refractivity contribution in [3.8, 4) is 0 Å². The van der Waals surface area contributed by atoms with Crippen LogP contribution in [0.3, 0.4) is 0 Å². The zero-order valence-corrected chi connectivity index (χ0v) is 18.2. The Bertz CT molecular complexity index is 875. The summed E-state index contributed by atoms with van der Waals surface area (Å²) in [6.45, 7) is 3.49. The van der Waals surface area contributed by atoms with Gasteiger partial charge in [-0.3, -0.25) is 4.79 Å². The molecule has 1 heterocycles. The first-order valence-corrected chi connectivity index (χ1v) is 10.8. The second-order valence-corrected chi connectivity index (χ2v) is 8.12. The molecule has 0 bridgehead atoms. The number of nitrogens with zero attached hydrogens (tertiary/aromatic N) is 3. The van der Waals surface area contributed by atoms with Gasteiger partial charge in [-0.15, -0.1) is 0 Å². The van der Waals surface area contributed by atoms with Gasteiger partial charge < -0.3 is 18.9 Å². The van der Waals surface area contributed by atoms with Crippen molar-refractivity contribution < 1.29 is 23.7 Å². The summed E-state index contributed by atoms with van der Waals surface area (Å²) in [4.78, 5) is 15.4. The molecule has 0 N–H and O–H groups in total. The van der Waals surface area contributed by atoms with Crippen LogP contribution in [0.15, 0.2) is 70.7 Å². The summed E-state index contributed by atoms with van der Waals surface area (Å²) in [6, 6.07) is 19.3. The van der Waals surface area contributed by atoms with Gasteiger partial charge in [0.15, 0.2) is 6.29 Å². The Morgan fingerprint density at radius 2 is 1.90 bits per heavy atom. The molecule has 1 aliphatic heterocycles. The van der Waals surface area contributed by atoms with Gasteiger partial charge >= 0.3 is 5.97 Å². The van der Waals surface area contributed by atoms with Crippen molar-refractivity contribution in [1.82, 2.24) is 0 Å². The van der Waals surface area contributed by atoms with E-state index in [9.17, 15) is 4.79 Å². The number of benzene rings is 2. The lowest BCUT2D eigenvalue weighted by molar-refractivity contribution is -0.266. The van der Waals surface area contributed by atoms with Gasteiger partial charge in [0.1, 0.15) is 17.6 Å². The first kappa shape index (κ1) is 23.1. The molecule has 0 aromatic heterocycles. The lowest BCUT2D eigenvalue weighted by atomic mass is 10.1. The van der Waals surface area contributed by atoms with Crippen LogP contribution in [0.1, 0.15) is 25.7 Å². The highest BCUT2D eigenvalue weighted by Crippen LogP contribution is 2.33. The van der Waals surface area contributed by atoms with Crippen molar-refractivity contribution >= 4 is 17.7 Å². The molecule has 0 spiro atoms. The highest BCUT2D eigenvalue weighted by atomic mass is 32.2. The van der Waals surface area contributed by atoms with Gasteiger partial charge in [-0.25, -0.2) is 0 Å². The first-order valence-electron chi connectivity index (χ1n) is 9.94. The summed E-state index contributed by atoms with van der Waals surface area (Å²) in [5.74, 6) is -0.478. The Kier molecular flexibility index (Phi) is 8.75. The number of esters is 1. The topological polar surface area (TPSA) is 103 Å². The molecule has 0 amide bonds. The van der Waals surface area contributed by atoms with Crippen LogP contribution in [0.5, 0.6) is 0 Å². The van der Waals surface area contributed by atoms with Crippen LogP contribution in [-0.2, 0) is 23.7 Å². The lowest BCUT2D eigenvalue weighted by Crippen LogP contribution is -2.45. The van der Waals surface area contributed by atoms with E-state index in [1.54, 1.807) is 0 Å². The monoisotopic (exact) mass is 443 g/mol. The van der Waals surface area contributed by atoms with E-state index in [4.69, 9.17) is 24.5 Å². The quantitative estimate of drug-likeness (QED) is 0.137. The fraction of sp³-hybridized carbons (Fsp3) is 0.409. The molecule has 5 atom stereocenters. The van der Waals surface area contributed by atoms with E-state index in [0.717, 1.165) is 10.5 Å². The van der Waals surface area contributed by atoms with Crippen molar-refractivity contribution in [2.75, 3.05) is 13.2 Å². The molecular formula is C22H25N3O5S. The van der Waals surface area contributed by atoms with Gasteiger partial charge in [-0.05, 0) is 24.6 Å². The van der Waals surface area contributed by atoms with Crippen molar-refractivity contribution in [3.05, 3.63) is 76.7 Å². The van der Waals surface area contributed by atoms with Crippen LogP contribution in [0, 0.1) is 0 Å². The third-order valence-electron chi connectivity index (χ3n) is 4.60. The number of rotatable bonds is 9. The molecule has 2 unspecified atom stereocenters. The second-order valence-electron chi connectivity index (χ2n) is 6.95. The maximum Gasteiger partial charge on any atom is 0.303 e. The lowest BCUT2D eigenvalue weighted by Gasteiger charge is -2.37. The molecule has 0 radical (unpaired) electrons. The average molecular weight is 444 g/mol. The molecular weight excluding hydrogens is 418 g/mol. The van der Waals surface area contributed by atoms with Crippen LogP contribution >= 0.6 is 11.8 Å². The standard InChI is InChI=1S/C22H25N3O5S/c1-15-20(14-27-21(28-15)17-9-5-3-6-10-17)30-22(31-18-11-7-4-8-12-18)19(13-24-25-23)29-16(2)26/h3-12,15,19-22H,13-14H2,1-2H3/t15-,19+,20?,21?,22+/m1/s1. The molecule has 31 heavy (non-hydrogen) atoms. The minimum atomic E-state index is -0.766. The van der Waals surface area contributed by atoms with E-state index in [-0.39, 0.29) is 12.6 Å². The van der Waals surface area contributed by atoms with E-state index in [2.05, 4.69) is 10.0 Å². The minimum absolute atomic E-state index is 0.0456. The van der Waals surface area contributed by atoms with Crippen LogP contribution in [-0.4, -0.2) is 42.9 Å². The van der Waals surface area contributed by atoms with Crippen molar-refractivity contribution in [3.63, 3.8) is 0 Å². The van der Waals surface area contributed by atoms with Crippen LogP contribution < -0.4 is 0 Å². The van der Waals surface area contributed by atoms with Crippen LogP contribution in [0.2, 0.25) is 0 Å². The van der Waals surface area contributed by atoms with Crippen molar-refractivity contribution in [1.29, 1.82) is 0 Å². The van der Waals surface area contributed by atoms with Crippen LogP contribution in [0.4, 0.5) is 0 Å². The molecule has 1 fully saturated rings. The Morgan fingerprint density at radius 1 is 1.23 bits per heavy atom. The Hall–Kier alpha value is -2.55. The van der Waals surface area contributed by atoms with Gasteiger partial charge in [-0.2, -0.15) is 0 Å². The molecule has 2 aromatic rings. The molecule has 1 saturated heterocycles. The third-order valence-corrected chi connectivity index (χ3v) is 5.79. The van der Waals surface area contributed by atoms with E-state index in [1.807, 2.05) is 67.6 Å². The molecule has 0 aliphatic carbocycles. The first-order chi connectivity index (χ1) is 15.1. The molecule has 164 valence electrons. The number of thioether (sulfide) groups is 1. The largest absolute Gasteiger partial charge is 0.459 e. The summed E-state index contributed by atoms with van der Waals surface area (Å²) >= 11 is 1.39. The number of carbonyl (C=O) groups excluding carboxylic acids is 1. The van der Waals surface area contributed by atoms with Gasteiger partial charge in [0.05, 0.1) is 19.3 Å². The maximum absolute atomic E-state index is 11.7. The smallest absolute Gasteiger partial charge is 0.303 e. The number of hydrogen-bond acceptors (Lipinski definition) is 7. The van der Waals surface area contributed by atoms with Crippen molar-refractivity contribution in [2.45, 2.75) is 48.8 Å². The molecule has 9 heteroatoms.